The quantitative estimate of drug-likeness (QED) is 0.419. The van der Waals surface area contributed by atoms with Crippen LogP contribution in [0.2, 0.25) is 18.1 Å². The molecule has 192 valence electrons. The van der Waals surface area contributed by atoms with Crippen molar-refractivity contribution in [3.05, 3.63) is 29.6 Å². The topological polar surface area (TPSA) is 42.0 Å². The lowest BCUT2D eigenvalue weighted by molar-refractivity contribution is -0.137. The van der Waals surface area contributed by atoms with Crippen LogP contribution in [0.15, 0.2) is 18.2 Å². The standard InChI is InChI=1S/C27H45FN2O3Si/c1-7-19-32-23-13-11-21(12-14-23)26(31)30-17-15-29(16-18-30)24-10-8-9-22(25(24)28)20-33-34(5,6)27(2,3)4/h8-10,21,23H,7,11-20H2,1-6H3/t21-,23+. The predicted octanol–water partition coefficient (Wildman–Crippen LogP) is 5.98. The number of benzene rings is 1. The molecule has 0 N–H and O–H groups in total. The Kier molecular flexibility index (Phi) is 9.21. The Balaban J connectivity index is 1.53. The number of ether oxygens (including phenoxy) is 1. The summed E-state index contributed by atoms with van der Waals surface area (Å²) in [6.45, 7) is 16.8. The first-order valence-corrected chi connectivity index (χ1v) is 16.0. The molecule has 2 aliphatic rings. The first-order valence-electron chi connectivity index (χ1n) is 13.1. The number of rotatable bonds is 8. The fourth-order valence-corrected chi connectivity index (χ4v) is 5.53. The molecular weight excluding hydrogens is 447 g/mol. The summed E-state index contributed by atoms with van der Waals surface area (Å²) in [7, 11) is -1.95. The van der Waals surface area contributed by atoms with Gasteiger partial charge in [0.05, 0.1) is 18.4 Å². The summed E-state index contributed by atoms with van der Waals surface area (Å²) in [5, 5.41) is 0.0890. The smallest absolute Gasteiger partial charge is 0.225 e. The van der Waals surface area contributed by atoms with Crippen molar-refractivity contribution < 1.29 is 18.3 Å². The van der Waals surface area contributed by atoms with Gasteiger partial charge in [-0.05, 0) is 56.3 Å². The maximum absolute atomic E-state index is 15.4. The zero-order valence-corrected chi connectivity index (χ0v) is 23.2. The third-order valence-electron chi connectivity index (χ3n) is 7.97. The highest BCUT2D eigenvalue weighted by Crippen LogP contribution is 2.37. The molecule has 0 bridgehead atoms. The minimum atomic E-state index is -1.95. The lowest BCUT2D eigenvalue weighted by Crippen LogP contribution is -2.51. The third kappa shape index (κ3) is 6.61. The van der Waals surface area contributed by atoms with Crippen molar-refractivity contribution in [1.82, 2.24) is 4.90 Å². The average molecular weight is 493 g/mol. The largest absolute Gasteiger partial charge is 0.412 e. The van der Waals surface area contributed by atoms with Crippen LogP contribution in [0.5, 0.6) is 0 Å². The van der Waals surface area contributed by atoms with Gasteiger partial charge in [-0.1, -0.05) is 39.8 Å². The normalized spacial score (nSPS) is 22.2. The van der Waals surface area contributed by atoms with E-state index in [-0.39, 0.29) is 22.7 Å². The number of hydrogen-bond acceptors (Lipinski definition) is 4. The fraction of sp³-hybridized carbons (Fsp3) is 0.741. The van der Waals surface area contributed by atoms with E-state index in [2.05, 4.69) is 45.7 Å². The zero-order valence-electron chi connectivity index (χ0n) is 22.2. The molecule has 5 nitrogen and oxygen atoms in total. The molecule has 34 heavy (non-hydrogen) atoms. The Morgan fingerprint density at radius 1 is 1.09 bits per heavy atom. The molecule has 1 amide bonds. The Morgan fingerprint density at radius 3 is 2.32 bits per heavy atom. The molecule has 0 unspecified atom stereocenters. The lowest BCUT2D eigenvalue weighted by atomic mass is 9.86. The van der Waals surface area contributed by atoms with E-state index in [0.717, 1.165) is 38.7 Å². The third-order valence-corrected chi connectivity index (χ3v) is 12.4. The number of carbonyl (C=O) groups is 1. The SMILES string of the molecule is CCCO[C@H]1CC[C@@H](C(=O)N2CCN(c3cccc(CO[Si](C)(C)C(C)(C)C)c3F)CC2)CC1. The van der Waals surface area contributed by atoms with Gasteiger partial charge >= 0.3 is 0 Å². The molecular formula is C27H45FN2O3Si. The molecule has 1 saturated heterocycles. The van der Waals surface area contributed by atoms with Crippen LogP contribution in [0.3, 0.4) is 0 Å². The highest BCUT2D eigenvalue weighted by atomic mass is 28.4. The minimum Gasteiger partial charge on any atom is -0.412 e. The van der Waals surface area contributed by atoms with Crippen molar-refractivity contribution in [3.63, 3.8) is 0 Å². The van der Waals surface area contributed by atoms with Gasteiger partial charge in [0.25, 0.3) is 0 Å². The van der Waals surface area contributed by atoms with Crippen LogP contribution in [0.1, 0.15) is 65.4 Å². The number of amides is 1. The second-order valence-electron chi connectivity index (χ2n) is 11.5. The number of anilines is 1. The summed E-state index contributed by atoms with van der Waals surface area (Å²) in [6.07, 6.45) is 5.14. The summed E-state index contributed by atoms with van der Waals surface area (Å²) in [5.74, 6) is 0.192. The van der Waals surface area contributed by atoms with Crippen molar-refractivity contribution in [2.24, 2.45) is 5.92 Å². The molecule has 1 aliphatic carbocycles. The maximum atomic E-state index is 15.4. The molecule has 0 atom stereocenters. The van der Waals surface area contributed by atoms with Gasteiger partial charge in [0.15, 0.2) is 14.1 Å². The number of piperazine rings is 1. The maximum Gasteiger partial charge on any atom is 0.225 e. The fourth-order valence-electron chi connectivity index (χ4n) is 4.58. The van der Waals surface area contributed by atoms with Gasteiger partial charge in [-0.25, -0.2) is 4.39 Å². The van der Waals surface area contributed by atoms with Crippen molar-refractivity contribution in [1.29, 1.82) is 0 Å². The Labute approximate surface area is 207 Å². The van der Waals surface area contributed by atoms with Gasteiger partial charge in [-0.15, -0.1) is 0 Å². The molecule has 2 fully saturated rings. The van der Waals surface area contributed by atoms with Crippen LogP contribution >= 0.6 is 0 Å². The van der Waals surface area contributed by atoms with Gasteiger partial charge in [0, 0.05) is 44.3 Å². The van der Waals surface area contributed by atoms with Crippen LogP contribution in [0.25, 0.3) is 0 Å². The highest BCUT2D eigenvalue weighted by molar-refractivity contribution is 6.74. The highest BCUT2D eigenvalue weighted by Gasteiger charge is 2.37. The van der Waals surface area contributed by atoms with Gasteiger partial charge in [0.2, 0.25) is 5.91 Å². The van der Waals surface area contributed by atoms with E-state index < -0.39 is 8.32 Å². The molecule has 1 heterocycles. The molecule has 0 aromatic heterocycles. The molecule has 7 heteroatoms. The number of nitrogens with zero attached hydrogens (tertiary/aromatic N) is 2. The number of halogens is 1. The van der Waals surface area contributed by atoms with Crippen molar-refractivity contribution in [3.8, 4) is 0 Å². The molecule has 3 rings (SSSR count). The van der Waals surface area contributed by atoms with E-state index in [9.17, 15) is 4.79 Å². The van der Waals surface area contributed by atoms with Crippen LogP contribution in [-0.4, -0.2) is 58.0 Å². The Morgan fingerprint density at radius 2 is 1.74 bits per heavy atom. The van der Waals surface area contributed by atoms with Crippen molar-refractivity contribution in [2.45, 2.75) is 90.6 Å². The summed E-state index contributed by atoms with van der Waals surface area (Å²) >= 11 is 0. The minimum absolute atomic E-state index is 0.0890. The van der Waals surface area contributed by atoms with E-state index in [1.807, 2.05) is 23.1 Å². The zero-order chi connectivity index (χ0) is 24.9. The molecule has 0 radical (unpaired) electrons. The summed E-state index contributed by atoms with van der Waals surface area (Å²) in [5.41, 5.74) is 1.24. The number of carbonyl (C=O) groups excluding carboxylic acids is 1. The first-order chi connectivity index (χ1) is 16.0. The van der Waals surface area contributed by atoms with Gasteiger partial charge < -0.3 is 19.0 Å². The second kappa shape index (κ2) is 11.5. The monoisotopic (exact) mass is 492 g/mol. The van der Waals surface area contributed by atoms with Crippen LogP contribution in [0, 0.1) is 11.7 Å². The summed E-state index contributed by atoms with van der Waals surface area (Å²) in [4.78, 5) is 17.1. The number of hydrogen-bond donors (Lipinski definition) is 0. The van der Waals surface area contributed by atoms with E-state index in [4.69, 9.17) is 9.16 Å². The van der Waals surface area contributed by atoms with Crippen LogP contribution in [0.4, 0.5) is 10.1 Å². The van der Waals surface area contributed by atoms with E-state index >= 15 is 4.39 Å². The summed E-state index contributed by atoms with van der Waals surface area (Å²) in [6, 6.07) is 5.59. The average Bonchev–Trinajstić information content (AvgIpc) is 2.81. The van der Waals surface area contributed by atoms with E-state index in [0.29, 0.717) is 50.1 Å². The Bertz CT molecular complexity index is 811. The van der Waals surface area contributed by atoms with Crippen LogP contribution in [-0.2, 0) is 20.6 Å². The molecule has 1 aliphatic heterocycles. The summed E-state index contributed by atoms with van der Waals surface area (Å²) < 4.78 is 27.5. The van der Waals surface area contributed by atoms with Crippen molar-refractivity contribution in [2.75, 3.05) is 37.7 Å². The van der Waals surface area contributed by atoms with Gasteiger partial charge in [-0.3, -0.25) is 4.79 Å². The lowest BCUT2D eigenvalue weighted by Gasteiger charge is -2.39. The van der Waals surface area contributed by atoms with Crippen molar-refractivity contribution >= 4 is 19.9 Å². The molecule has 1 saturated carbocycles. The predicted molar refractivity (Wildman–Crippen MR) is 139 cm³/mol. The molecule has 1 aromatic rings. The van der Waals surface area contributed by atoms with E-state index in [1.165, 1.54) is 0 Å². The van der Waals surface area contributed by atoms with E-state index in [1.54, 1.807) is 0 Å². The molecule has 1 aromatic carbocycles. The van der Waals surface area contributed by atoms with Gasteiger partial charge in [-0.2, -0.15) is 0 Å². The second-order valence-corrected chi connectivity index (χ2v) is 16.3. The Hall–Kier alpha value is -1.44. The van der Waals surface area contributed by atoms with Crippen LogP contribution < -0.4 is 4.90 Å². The molecule has 0 spiro atoms. The van der Waals surface area contributed by atoms with Gasteiger partial charge in [0.1, 0.15) is 0 Å². The first kappa shape index (κ1) is 27.1.